The number of primary amides is 2. The number of H-pyrrole nitrogens is 1. The van der Waals surface area contributed by atoms with Crippen molar-refractivity contribution >= 4 is 206 Å². The summed E-state index contributed by atoms with van der Waals surface area (Å²) in [4.78, 5) is 58.5. The van der Waals surface area contributed by atoms with Crippen LogP contribution in [0.4, 0.5) is 11.4 Å². The molecule has 13 aromatic rings. The van der Waals surface area contributed by atoms with E-state index < -0.39 is 29.7 Å². The van der Waals surface area contributed by atoms with E-state index in [4.69, 9.17) is 82.7 Å². The third kappa shape index (κ3) is 17.2. The van der Waals surface area contributed by atoms with Crippen LogP contribution in [0.3, 0.4) is 0 Å². The van der Waals surface area contributed by atoms with Crippen LogP contribution in [-0.4, -0.2) is 65.9 Å². The number of hydrogen-bond acceptors (Lipinski definition) is 7. The number of carbonyl (C=O) groups excluding carboxylic acids is 3. The molecule has 0 atom stereocenters. The molecular weight excluding hydrogens is 1590 g/mol. The first kappa shape index (κ1) is 69.2. The summed E-state index contributed by atoms with van der Waals surface area (Å²) in [7, 11) is 15.0. The van der Waals surface area contributed by atoms with Crippen LogP contribution >= 0.6 is 108 Å². The third-order valence-electron chi connectivity index (χ3n) is 14.2. The molecule has 0 aliphatic carbocycles. The molecule has 462 valence electrons. The summed E-state index contributed by atoms with van der Waals surface area (Å²) < 4.78 is 8.42. The van der Waals surface area contributed by atoms with E-state index in [2.05, 4.69) is 103 Å². The van der Waals surface area contributed by atoms with Crippen molar-refractivity contribution in [1.29, 1.82) is 0 Å². The van der Waals surface area contributed by atoms with Crippen molar-refractivity contribution in [2.45, 2.75) is 19.6 Å². The predicted molar refractivity (Wildman–Crippen MR) is 392 cm³/mol. The SMILES string of the molecule is NC(=O)c1cccc(Br)c1N.NC(=O)c1cccc(Br)c1N=Cc1cn(Cc2ccccc2)c2c(Cl)cccc12.O=Cc1cn(Cc2ccccc2)c2c(Cl)cccc12.O=c1[nH]c(-c2cn(Cc3ccccc3)c3c(Cl)cccc23)nc2c(Br)cccc12.[Cl][In]([Cl])[Cl]. The Bertz CT molecular complexity index is 4900. The number of aromatic nitrogens is 5. The van der Waals surface area contributed by atoms with Crippen molar-refractivity contribution < 1.29 is 14.4 Å². The molecule has 4 heterocycles. The van der Waals surface area contributed by atoms with E-state index in [0.29, 0.717) is 88.4 Å². The number of nitrogens with zero attached hydrogens (tertiary/aromatic N) is 5. The van der Waals surface area contributed by atoms with Crippen molar-refractivity contribution in [2.75, 3.05) is 5.73 Å². The second kappa shape index (κ2) is 32.6. The number of para-hydroxylation sites is 6. The molecule has 13 nitrogen and oxygen atoms in total. The van der Waals surface area contributed by atoms with Crippen molar-refractivity contribution in [3.05, 3.63) is 297 Å². The maximum absolute atomic E-state index is 12.7. The number of aldehydes is 1. The van der Waals surface area contributed by atoms with Crippen molar-refractivity contribution in [3.63, 3.8) is 0 Å². The summed E-state index contributed by atoms with van der Waals surface area (Å²) in [6.07, 6.45) is 8.50. The normalized spacial score (nSPS) is 10.8. The fourth-order valence-corrected chi connectivity index (χ4v) is 12.2. The van der Waals surface area contributed by atoms with Crippen LogP contribution in [0.25, 0.3) is 55.0 Å². The number of nitrogens with two attached hydrogens (primary N) is 3. The molecule has 13 rings (SSSR count). The van der Waals surface area contributed by atoms with Gasteiger partial charge in [0.1, 0.15) is 5.82 Å². The van der Waals surface area contributed by atoms with Gasteiger partial charge in [-0.15, -0.1) is 0 Å². The molecule has 0 spiro atoms. The molecule has 0 saturated carbocycles. The van der Waals surface area contributed by atoms with Gasteiger partial charge in [-0.1, -0.05) is 180 Å². The first-order chi connectivity index (χ1) is 44.3. The average molecular weight is 1640 g/mol. The molecule has 0 bridgehead atoms. The van der Waals surface area contributed by atoms with Crippen LogP contribution < -0.4 is 22.8 Å². The Kier molecular flexibility index (Phi) is 24.5. The van der Waals surface area contributed by atoms with Gasteiger partial charge in [0.15, 0.2) is 6.29 Å². The van der Waals surface area contributed by atoms with Crippen LogP contribution in [0, 0.1) is 0 Å². The molecule has 7 N–H and O–H groups in total. The van der Waals surface area contributed by atoms with Gasteiger partial charge in [-0.2, -0.15) is 0 Å². The fourth-order valence-electron chi connectivity index (χ4n) is 10.1. The van der Waals surface area contributed by atoms with E-state index >= 15 is 0 Å². The Balaban J connectivity index is 0.000000149. The summed E-state index contributed by atoms with van der Waals surface area (Å²) in [5.74, 6) is -0.509. The van der Waals surface area contributed by atoms with E-state index in [0.717, 1.165) is 54.6 Å². The number of amides is 2. The number of benzene rings is 9. The summed E-state index contributed by atoms with van der Waals surface area (Å²) in [6.45, 7) is 2.06. The molecule has 0 saturated heterocycles. The monoisotopic (exact) mass is 1630 g/mol. The van der Waals surface area contributed by atoms with Gasteiger partial charge >= 0.3 is 43.6 Å². The van der Waals surface area contributed by atoms with Gasteiger partial charge < -0.3 is 35.9 Å². The predicted octanol–water partition coefficient (Wildman–Crippen LogP) is 18.9. The first-order valence-electron chi connectivity index (χ1n) is 27.8. The summed E-state index contributed by atoms with van der Waals surface area (Å²) in [5, 5.41) is 5.40. The zero-order chi connectivity index (χ0) is 65.6. The van der Waals surface area contributed by atoms with Crippen molar-refractivity contribution in [2.24, 2.45) is 16.5 Å². The number of halogens is 9. The van der Waals surface area contributed by atoms with E-state index in [1.54, 1.807) is 42.6 Å². The second-order valence-electron chi connectivity index (χ2n) is 20.2. The van der Waals surface area contributed by atoms with E-state index in [9.17, 15) is 19.2 Å². The molecule has 0 fully saturated rings. The zero-order valence-corrected chi connectivity index (χ0v) is 60.7. The van der Waals surface area contributed by atoms with Gasteiger partial charge in [-0.3, -0.25) is 24.2 Å². The number of hydrogen-bond donors (Lipinski definition) is 4. The van der Waals surface area contributed by atoms with Crippen LogP contribution in [0.5, 0.6) is 0 Å². The standard InChI is InChI=1S/C23H15BrClN3O.C23H17BrClN3O.C16H12ClNO.C7H7BrN2O.3ClH.In/c24-18-10-4-9-16-20(18)26-22(27-23(16)29)17-13-28(12-14-6-2-1-3-7-14)21-15(17)8-5-11-19(21)25;24-19-10-4-9-18(23(26)29)21(19)27-12-16-14-28(13-15-6-2-1-3-7-15)22-17(16)8-5-11-20(22)25;17-15-8-4-7-14-13(11-19)10-18(16(14)15)9-12-5-2-1-3-6-12;8-5-3-1-2-4(6(5)9)7(10)11;;;;/h1-11,13H,12H2,(H,26,27,29);1-12,14H,13H2,(H2,26,29);1-8,10-11H,9H2;1-3H,9H2,(H2,10,11);3*1H;/q;;;;;;;+3/p-3. The van der Waals surface area contributed by atoms with Crippen LogP contribution in [0.1, 0.15) is 53.3 Å². The number of aromatic amines is 1. The topological polar surface area (TPSA) is 202 Å². The molecule has 0 radical (unpaired) electrons. The number of rotatable bonds is 12. The molecule has 92 heavy (non-hydrogen) atoms. The number of nitrogen functional groups attached to an aromatic ring is 1. The zero-order valence-electron chi connectivity index (χ0n) is 48.1. The second-order valence-corrected chi connectivity index (χ2v) is 38.7. The van der Waals surface area contributed by atoms with Crippen LogP contribution in [0.2, 0.25) is 15.1 Å². The van der Waals surface area contributed by atoms with Gasteiger partial charge in [-0.05, 0) is 119 Å². The van der Waals surface area contributed by atoms with Crippen molar-refractivity contribution in [3.8, 4) is 11.4 Å². The van der Waals surface area contributed by atoms with Crippen LogP contribution in [0.15, 0.2) is 242 Å². The molecule has 0 aliphatic heterocycles. The Morgan fingerprint density at radius 3 is 1.40 bits per heavy atom. The van der Waals surface area contributed by atoms with Crippen LogP contribution in [-0.2, 0) is 19.6 Å². The Morgan fingerprint density at radius 2 is 0.913 bits per heavy atom. The summed E-state index contributed by atoms with van der Waals surface area (Å²) in [6, 6.07) is 63.5. The number of fused-ring (bicyclic) bond motifs is 4. The first-order valence-corrected chi connectivity index (χ1v) is 43.8. The molecule has 9 aromatic carbocycles. The Labute approximate surface area is 587 Å². The minimum absolute atomic E-state index is 0.169. The van der Waals surface area contributed by atoms with E-state index in [1.165, 1.54) is 16.7 Å². The molecule has 2 amide bonds. The number of aliphatic imine (C=N–C) groups is 1. The van der Waals surface area contributed by atoms with Gasteiger partial charge in [0.05, 0.1) is 65.0 Å². The summed E-state index contributed by atoms with van der Waals surface area (Å²) in [5.41, 5.74) is 26.9. The molecule has 4 aromatic heterocycles. The fraction of sp³-hybridized carbons (Fsp3) is 0.0435. The Hall–Kier alpha value is -7.13. The molecule has 0 aliphatic rings. The van der Waals surface area contributed by atoms with Gasteiger partial charge in [0.2, 0.25) is 0 Å². The van der Waals surface area contributed by atoms with E-state index in [-0.39, 0.29) is 5.56 Å². The molecular formula is C69H51Br3Cl6InN9O4. The quantitative estimate of drug-likeness (QED) is 0.0532. The number of nitrogens with one attached hydrogen (secondary N) is 1. The van der Waals surface area contributed by atoms with Gasteiger partial charge in [0.25, 0.3) is 17.4 Å². The molecule has 23 heteroatoms. The van der Waals surface area contributed by atoms with Crippen molar-refractivity contribution in [1.82, 2.24) is 23.7 Å². The van der Waals surface area contributed by atoms with E-state index in [1.807, 2.05) is 151 Å². The maximum atomic E-state index is 12.7. The minimum atomic E-state index is -2.22. The van der Waals surface area contributed by atoms with Gasteiger partial charge in [-0.25, -0.2) is 4.98 Å². The van der Waals surface area contributed by atoms with Gasteiger partial charge in [0, 0.05) is 90.7 Å². The number of carbonyl (C=O) groups is 3. The summed E-state index contributed by atoms with van der Waals surface area (Å²) >= 11 is 27.3. The molecule has 0 unspecified atom stereocenters. The third-order valence-corrected chi connectivity index (χ3v) is 17.1. The number of anilines is 1. The Morgan fingerprint density at radius 1 is 0.511 bits per heavy atom. The average Bonchev–Trinajstić information content (AvgIpc) is 1.59.